The van der Waals surface area contributed by atoms with Crippen LogP contribution in [0.1, 0.15) is 5.56 Å². The van der Waals surface area contributed by atoms with Crippen LogP contribution in [0.25, 0.3) is 0 Å². The van der Waals surface area contributed by atoms with E-state index in [1.54, 1.807) is 18.2 Å². The fourth-order valence-electron chi connectivity index (χ4n) is 0.829. The maximum atomic E-state index is 10.5. The second-order valence-electron chi connectivity index (χ2n) is 2.44. The Hall–Kier alpha value is 1.34. The van der Waals surface area contributed by atoms with Gasteiger partial charge in [0.1, 0.15) is 0 Å². The van der Waals surface area contributed by atoms with Crippen molar-refractivity contribution in [1.82, 2.24) is 0 Å². The van der Waals surface area contributed by atoms with Crippen LogP contribution in [-0.4, -0.2) is 13.0 Å². The maximum Gasteiger partial charge on any atom is 1.00 e. The molecule has 0 fully saturated rings. The van der Waals surface area contributed by atoms with Gasteiger partial charge in [0.2, 0.25) is 0 Å². The van der Waals surface area contributed by atoms with E-state index in [9.17, 15) is 13.0 Å². The summed E-state index contributed by atoms with van der Waals surface area (Å²) in [5.41, 5.74) is 0.541. The zero-order chi connectivity index (χ0) is 10.1. The molecule has 0 spiro atoms. The molecule has 0 unspecified atom stereocenters. The van der Waals surface area contributed by atoms with Crippen LogP contribution in [0, 0.1) is 3.57 Å². The van der Waals surface area contributed by atoms with Crippen molar-refractivity contribution in [3.8, 4) is 0 Å². The fourth-order valence-corrected chi connectivity index (χ4v) is 3.22. The number of hydrogen-bond donors (Lipinski definition) is 0. The smallest absolute Gasteiger partial charge is 0.748 e. The first-order valence-electron chi connectivity index (χ1n) is 3.26. The van der Waals surface area contributed by atoms with E-state index in [0.717, 1.165) is 8.04 Å². The van der Waals surface area contributed by atoms with Crippen LogP contribution in [0.5, 0.6) is 0 Å². The molecular weight excluding hydrogens is 394 g/mol. The molecule has 0 amide bonds. The van der Waals surface area contributed by atoms with Gasteiger partial charge in [0.05, 0.1) is 15.9 Å². The number of benzene rings is 1. The van der Waals surface area contributed by atoms with Gasteiger partial charge >= 0.3 is 29.6 Å². The SMILES string of the molecule is O=S(=O)([O-])Cc1ccc(Br)cc1I.[Na+]. The van der Waals surface area contributed by atoms with Gasteiger partial charge in [-0.25, -0.2) is 8.42 Å². The third-order valence-electron chi connectivity index (χ3n) is 1.35. The Bertz CT molecular complexity index is 421. The van der Waals surface area contributed by atoms with Crippen molar-refractivity contribution in [3.63, 3.8) is 0 Å². The normalized spacial score (nSPS) is 10.8. The summed E-state index contributed by atoms with van der Waals surface area (Å²) in [5.74, 6) is -0.446. The van der Waals surface area contributed by atoms with Crippen LogP contribution in [0.15, 0.2) is 22.7 Å². The zero-order valence-electron chi connectivity index (χ0n) is 7.33. The minimum absolute atomic E-state index is 0. The molecular formula is C7H5BrINaO3S. The first-order chi connectivity index (χ1) is 5.88. The first-order valence-corrected chi connectivity index (χ1v) is 6.71. The second kappa shape index (κ2) is 6.17. The van der Waals surface area contributed by atoms with E-state index in [0.29, 0.717) is 5.56 Å². The molecule has 0 atom stereocenters. The second-order valence-corrected chi connectivity index (χ2v) is 5.92. The molecule has 3 nitrogen and oxygen atoms in total. The minimum Gasteiger partial charge on any atom is -0.748 e. The van der Waals surface area contributed by atoms with Crippen molar-refractivity contribution in [3.05, 3.63) is 31.8 Å². The van der Waals surface area contributed by atoms with Gasteiger partial charge in [-0.2, -0.15) is 0 Å². The molecule has 0 heterocycles. The number of rotatable bonds is 2. The summed E-state index contributed by atoms with van der Waals surface area (Å²) in [4.78, 5) is 0. The van der Waals surface area contributed by atoms with E-state index >= 15 is 0 Å². The molecule has 14 heavy (non-hydrogen) atoms. The van der Waals surface area contributed by atoms with Crippen molar-refractivity contribution < 1.29 is 42.5 Å². The van der Waals surface area contributed by atoms with Crippen molar-refractivity contribution in [2.24, 2.45) is 0 Å². The summed E-state index contributed by atoms with van der Waals surface area (Å²) in [6.07, 6.45) is 0. The predicted molar refractivity (Wildman–Crippen MR) is 60.3 cm³/mol. The first kappa shape index (κ1) is 15.3. The molecule has 7 heteroatoms. The molecule has 0 aliphatic carbocycles. The Kier molecular flexibility index (Phi) is 6.76. The Morgan fingerprint density at radius 2 is 2.00 bits per heavy atom. The van der Waals surface area contributed by atoms with E-state index in [1.165, 1.54) is 0 Å². The number of halogens is 2. The van der Waals surface area contributed by atoms with E-state index in [2.05, 4.69) is 15.9 Å². The third-order valence-corrected chi connectivity index (χ3v) is 3.51. The average molecular weight is 399 g/mol. The molecule has 1 aromatic rings. The molecule has 0 saturated carbocycles. The predicted octanol–water partition coefficient (Wildman–Crippen LogP) is -0.897. The molecule has 0 aliphatic heterocycles. The largest absolute Gasteiger partial charge is 1.00 e. The van der Waals surface area contributed by atoms with Crippen LogP contribution >= 0.6 is 38.5 Å². The number of hydrogen-bond acceptors (Lipinski definition) is 3. The molecule has 0 N–H and O–H groups in total. The summed E-state index contributed by atoms with van der Waals surface area (Å²) in [7, 11) is -4.18. The standard InChI is InChI=1S/C7H6BrIO3S.Na/c8-6-2-1-5(7(9)3-6)4-13(10,11)12;/h1-3H,4H2,(H,10,11,12);/q;+1/p-1. The average Bonchev–Trinajstić information content (AvgIpc) is 1.93. The van der Waals surface area contributed by atoms with Crippen LogP contribution < -0.4 is 29.6 Å². The van der Waals surface area contributed by atoms with E-state index in [4.69, 9.17) is 0 Å². The van der Waals surface area contributed by atoms with E-state index < -0.39 is 15.9 Å². The fraction of sp³-hybridized carbons (Fsp3) is 0.143. The Balaban J connectivity index is 0.00000169. The molecule has 0 saturated heterocycles. The monoisotopic (exact) mass is 398 g/mol. The summed E-state index contributed by atoms with van der Waals surface area (Å²) in [6.45, 7) is 0. The Labute approximate surface area is 127 Å². The van der Waals surface area contributed by atoms with Crippen LogP contribution in [0.3, 0.4) is 0 Å². The van der Waals surface area contributed by atoms with E-state index in [1.807, 2.05) is 22.6 Å². The van der Waals surface area contributed by atoms with Gasteiger partial charge in [0, 0.05) is 8.04 Å². The zero-order valence-corrected chi connectivity index (χ0v) is 13.9. The summed E-state index contributed by atoms with van der Waals surface area (Å²) >= 11 is 5.24. The Morgan fingerprint density at radius 3 is 2.43 bits per heavy atom. The van der Waals surface area contributed by atoms with Crippen molar-refractivity contribution in [2.75, 3.05) is 0 Å². The molecule has 1 rings (SSSR count). The van der Waals surface area contributed by atoms with Crippen molar-refractivity contribution in [2.45, 2.75) is 5.75 Å². The van der Waals surface area contributed by atoms with Gasteiger partial charge in [-0.3, -0.25) is 0 Å². The van der Waals surface area contributed by atoms with Gasteiger partial charge in [-0.1, -0.05) is 22.0 Å². The topological polar surface area (TPSA) is 57.2 Å². The molecule has 0 bridgehead atoms. The summed E-state index contributed by atoms with van der Waals surface area (Å²) in [5, 5.41) is 0. The molecule has 72 valence electrons. The van der Waals surface area contributed by atoms with Crippen LogP contribution in [0.4, 0.5) is 0 Å². The van der Waals surface area contributed by atoms with Crippen LogP contribution in [-0.2, 0) is 15.9 Å². The summed E-state index contributed by atoms with van der Waals surface area (Å²) < 4.78 is 33.0. The van der Waals surface area contributed by atoms with Crippen molar-refractivity contribution >= 4 is 48.6 Å². The van der Waals surface area contributed by atoms with Gasteiger partial charge in [0.15, 0.2) is 0 Å². The molecule has 0 aliphatic rings. The molecule has 0 radical (unpaired) electrons. The maximum absolute atomic E-state index is 10.5. The van der Waals surface area contributed by atoms with Gasteiger partial charge < -0.3 is 4.55 Å². The van der Waals surface area contributed by atoms with Gasteiger partial charge in [0.25, 0.3) is 0 Å². The third kappa shape index (κ3) is 5.43. The van der Waals surface area contributed by atoms with E-state index in [-0.39, 0.29) is 29.6 Å². The molecule has 0 aromatic heterocycles. The van der Waals surface area contributed by atoms with Gasteiger partial charge in [-0.15, -0.1) is 0 Å². The molecule has 1 aromatic carbocycles. The Morgan fingerprint density at radius 1 is 1.43 bits per heavy atom. The quantitative estimate of drug-likeness (QED) is 0.368. The summed E-state index contributed by atoms with van der Waals surface area (Å²) in [6, 6.07) is 5.10. The van der Waals surface area contributed by atoms with Crippen LogP contribution in [0.2, 0.25) is 0 Å². The van der Waals surface area contributed by atoms with Gasteiger partial charge in [-0.05, 0) is 40.3 Å². The minimum atomic E-state index is -4.18. The van der Waals surface area contributed by atoms with Crippen molar-refractivity contribution in [1.29, 1.82) is 0 Å².